The van der Waals surface area contributed by atoms with E-state index in [1.807, 2.05) is 76.4 Å². The van der Waals surface area contributed by atoms with Gasteiger partial charge in [-0.15, -0.1) is 11.3 Å². The number of thiazole rings is 1. The van der Waals surface area contributed by atoms with E-state index in [-0.39, 0.29) is 33.9 Å². The van der Waals surface area contributed by atoms with Crippen molar-refractivity contribution in [2.24, 2.45) is 4.99 Å². The van der Waals surface area contributed by atoms with Gasteiger partial charge < -0.3 is 15.5 Å². The number of nitriles is 1. The third kappa shape index (κ3) is 10.7. The zero-order valence-corrected chi connectivity index (χ0v) is 31.4. The average Bonchev–Trinajstić information content (AvgIpc) is 3.51. The Morgan fingerprint density at radius 2 is 1.79 bits per heavy atom. The van der Waals surface area contributed by atoms with E-state index in [0.717, 1.165) is 31.6 Å². The molecule has 0 radical (unpaired) electrons. The number of aliphatic imine (C=N–C) groups is 1. The highest BCUT2D eigenvalue weighted by atomic mass is 32.2. The summed E-state index contributed by atoms with van der Waals surface area (Å²) in [6.45, 7) is 7.68. The van der Waals surface area contributed by atoms with Crippen molar-refractivity contribution in [2.45, 2.75) is 57.4 Å². The Morgan fingerprint density at radius 3 is 2.43 bits per heavy atom. The fourth-order valence-corrected chi connectivity index (χ4v) is 7.11. The van der Waals surface area contributed by atoms with Crippen LogP contribution in [0.4, 0.5) is 10.8 Å². The number of carbonyl (C=O) groups excluding carboxylic acids is 1. The summed E-state index contributed by atoms with van der Waals surface area (Å²) in [6.07, 6.45) is 10.4. The Kier molecular flexibility index (Phi) is 13.1. The highest BCUT2D eigenvalue weighted by molar-refractivity contribution is 7.89. The number of fused-ring (bicyclic) bond motifs is 1. The van der Waals surface area contributed by atoms with Crippen molar-refractivity contribution in [2.75, 3.05) is 17.7 Å². The van der Waals surface area contributed by atoms with Gasteiger partial charge in [0.05, 0.1) is 10.4 Å². The summed E-state index contributed by atoms with van der Waals surface area (Å²) < 4.78 is 25.8. The third-order valence-electron chi connectivity index (χ3n) is 7.35. The number of pyridine rings is 1. The fourth-order valence-electron chi connectivity index (χ4n) is 5.05. The predicted molar refractivity (Wildman–Crippen MR) is 205 cm³/mol. The molecule has 5 rings (SSSR count). The normalized spacial score (nSPS) is 13.9. The van der Waals surface area contributed by atoms with Crippen LogP contribution in [0.1, 0.15) is 61.6 Å². The number of benzene rings is 2. The van der Waals surface area contributed by atoms with Crippen LogP contribution < -0.4 is 16.0 Å². The summed E-state index contributed by atoms with van der Waals surface area (Å²) in [5.41, 5.74) is 3.06. The van der Waals surface area contributed by atoms with Crippen molar-refractivity contribution in [3.05, 3.63) is 113 Å². The van der Waals surface area contributed by atoms with Gasteiger partial charge in [-0.05, 0) is 82.0 Å². The molecule has 0 saturated heterocycles. The van der Waals surface area contributed by atoms with E-state index in [4.69, 9.17) is 10.4 Å². The summed E-state index contributed by atoms with van der Waals surface area (Å²) in [6, 6.07) is 17.6. The van der Waals surface area contributed by atoms with Crippen LogP contribution in [0.5, 0.6) is 0 Å². The standard InChI is InChI=1S/C23H27N5O2.C14H13N3O4S2/c1-23(2,3)28-22(26-16-24)27-19-10-6-8-17(14-19)20(11-4-5-12-21(29)30)18-9-7-13-25-15-18;1-8-7-15-14(22-8)16-13(19)11-12(18)9-5-3-4-6-10(9)23(20,21)17(11)2/h6-11,13-15H,4-5,12H2,1-3H3,(H,29,30)(H2,26,27,28);3-7,18H,1-2H3,(H,15,16,19)/b20-11+;. The number of aliphatic hydroxyl groups is 1. The second-order valence-electron chi connectivity index (χ2n) is 12.6. The molecule has 0 fully saturated rings. The number of aromatic nitrogens is 2. The van der Waals surface area contributed by atoms with E-state index < -0.39 is 21.9 Å². The first-order chi connectivity index (χ1) is 25.1. The highest BCUT2D eigenvalue weighted by Gasteiger charge is 2.37. The molecule has 5 N–H and O–H groups in total. The molecule has 0 aliphatic carbocycles. The van der Waals surface area contributed by atoms with Gasteiger partial charge in [0.2, 0.25) is 5.96 Å². The van der Waals surface area contributed by atoms with Gasteiger partial charge in [-0.2, -0.15) is 5.26 Å². The molecule has 4 aromatic rings. The summed E-state index contributed by atoms with van der Waals surface area (Å²) in [5.74, 6) is -1.55. The van der Waals surface area contributed by atoms with Crippen molar-refractivity contribution >= 4 is 61.3 Å². The van der Waals surface area contributed by atoms with Gasteiger partial charge in [-0.3, -0.25) is 29.5 Å². The number of anilines is 2. The molecule has 1 amide bonds. The van der Waals surface area contributed by atoms with E-state index >= 15 is 0 Å². The minimum Gasteiger partial charge on any atom is -0.505 e. The quantitative estimate of drug-likeness (QED) is 0.0417. The van der Waals surface area contributed by atoms with Crippen LogP contribution >= 0.6 is 11.3 Å². The lowest BCUT2D eigenvalue weighted by Crippen LogP contribution is -2.37. The molecule has 0 spiro atoms. The number of carbonyl (C=O) groups is 2. The van der Waals surface area contributed by atoms with Crippen LogP contribution in [0.2, 0.25) is 0 Å². The number of guanidine groups is 1. The number of aryl methyl sites for hydroxylation is 1. The van der Waals surface area contributed by atoms with Crippen molar-refractivity contribution in [3.63, 3.8) is 0 Å². The van der Waals surface area contributed by atoms with E-state index in [2.05, 4.69) is 30.9 Å². The van der Waals surface area contributed by atoms with Gasteiger partial charge in [0.15, 0.2) is 22.8 Å². The van der Waals surface area contributed by atoms with Crippen molar-refractivity contribution in [1.82, 2.24) is 19.6 Å². The van der Waals surface area contributed by atoms with Gasteiger partial charge >= 0.3 is 5.97 Å². The maximum absolute atomic E-state index is 12.5. The van der Waals surface area contributed by atoms with Crippen LogP contribution in [-0.4, -0.2) is 63.3 Å². The Morgan fingerprint density at radius 1 is 1.06 bits per heavy atom. The number of nitrogens with zero attached hydrogens (tertiary/aromatic N) is 5. The van der Waals surface area contributed by atoms with Crippen molar-refractivity contribution in [3.8, 4) is 6.19 Å². The van der Waals surface area contributed by atoms with Gasteiger partial charge in [-0.1, -0.05) is 36.4 Å². The summed E-state index contributed by atoms with van der Waals surface area (Å²) >= 11 is 1.25. The Labute approximate surface area is 312 Å². The topological polar surface area (TPSA) is 210 Å². The van der Waals surface area contributed by atoms with Gasteiger partial charge in [0, 0.05) is 53.8 Å². The average molecular weight is 757 g/mol. The first-order valence-corrected chi connectivity index (χ1v) is 18.6. The van der Waals surface area contributed by atoms with Gasteiger partial charge in [-0.25, -0.2) is 18.4 Å². The number of carboxylic acid groups (broad SMARTS) is 1. The molecular weight excluding hydrogens is 717 g/mol. The van der Waals surface area contributed by atoms with E-state index in [1.54, 1.807) is 30.7 Å². The van der Waals surface area contributed by atoms with Crippen LogP contribution in [0.15, 0.2) is 101 Å². The van der Waals surface area contributed by atoms with E-state index in [1.165, 1.54) is 30.5 Å². The molecule has 53 heavy (non-hydrogen) atoms. The molecule has 1 aliphatic heterocycles. The lowest BCUT2D eigenvalue weighted by Gasteiger charge is -2.28. The smallest absolute Gasteiger partial charge is 0.303 e. The molecule has 2 aromatic carbocycles. The molecule has 16 heteroatoms. The number of nitrogens with one attached hydrogen (secondary N) is 3. The molecule has 0 atom stereocenters. The largest absolute Gasteiger partial charge is 0.505 e. The minimum atomic E-state index is -3.90. The van der Waals surface area contributed by atoms with Crippen molar-refractivity contribution in [1.29, 1.82) is 5.26 Å². The SMILES string of the molecule is CC(C)(C)N=C(NC#N)Nc1cccc(/C(=C\CCCC(=O)O)c2cccnc2)c1.Cc1cnc(NC(=O)C2=C(O)c3ccccc3S(=O)(=O)N2C)s1. The molecule has 0 unspecified atom stereocenters. The fraction of sp³-hybridized carbons (Fsp3) is 0.243. The number of aliphatic hydroxyl groups excluding tert-OH is 1. The molecule has 1 aliphatic rings. The molecule has 0 bridgehead atoms. The zero-order valence-electron chi connectivity index (χ0n) is 29.8. The first-order valence-electron chi connectivity index (χ1n) is 16.3. The summed E-state index contributed by atoms with van der Waals surface area (Å²) in [4.78, 5) is 36.8. The van der Waals surface area contributed by atoms with Crippen LogP contribution in [0.25, 0.3) is 11.3 Å². The van der Waals surface area contributed by atoms with Crippen LogP contribution in [0, 0.1) is 18.4 Å². The third-order valence-corrected chi connectivity index (χ3v) is 9.99. The lowest BCUT2D eigenvalue weighted by molar-refractivity contribution is -0.137. The number of rotatable bonds is 9. The number of unbranched alkanes of at least 4 members (excludes halogenated alkanes) is 1. The summed E-state index contributed by atoms with van der Waals surface area (Å²) in [5, 5.41) is 36.9. The van der Waals surface area contributed by atoms with E-state index in [9.17, 15) is 23.1 Å². The molecule has 14 nitrogen and oxygen atoms in total. The maximum atomic E-state index is 12.5. The second-order valence-corrected chi connectivity index (χ2v) is 15.8. The predicted octanol–water partition coefficient (Wildman–Crippen LogP) is 6.36. The molecule has 2 aromatic heterocycles. The maximum Gasteiger partial charge on any atom is 0.303 e. The van der Waals surface area contributed by atoms with Crippen molar-refractivity contribution < 1.29 is 28.2 Å². The zero-order chi connectivity index (χ0) is 38.8. The molecular formula is C37H40N8O6S2. The number of likely N-dealkylation sites (N-methyl/N-ethyl adjacent to an activating group) is 1. The Hall–Kier alpha value is -6.05. The number of amides is 1. The van der Waals surface area contributed by atoms with Crippen LogP contribution in [0.3, 0.4) is 0 Å². The van der Waals surface area contributed by atoms with Crippen LogP contribution in [-0.2, 0) is 19.6 Å². The molecule has 276 valence electrons. The summed E-state index contributed by atoms with van der Waals surface area (Å²) in [7, 11) is -2.67. The number of hydrogen-bond acceptors (Lipinski definition) is 10. The Bertz CT molecular complexity index is 2200. The number of hydrogen-bond donors (Lipinski definition) is 5. The monoisotopic (exact) mass is 756 g/mol. The first kappa shape index (κ1) is 39.7. The van der Waals surface area contributed by atoms with E-state index in [0.29, 0.717) is 23.9 Å². The van der Waals surface area contributed by atoms with Gasteiger partial charge in [0.1, 0.15) is 0 Å². The number of sulfonamides is 1. The molecule has 3 heterocycles. The van der Waals surface area contributed by atoms with Gasteiger partial charge in [0.25, 0.3) is 15.9 Å². The number of aliphatic carboxylic acids is 1. The second kappa shape index (κ2) is 17.4. The molecule has 0 saturated carbocycles. The Balaban J connectivity index is 0.000000244. The number of carboxylic acids is 1. The minimum absolute atomic E-state index is 0.0401. The highest BCUT2D eigenvalue weighted by Crippen LogP contribution is 2.35. The lowest BCUT2D eigenvalue weighted by atomic mass is 9.97. The number of allylic oxidation sites excluding steroid dienone is 1.